The summed E-state index contributed by atoms with van der Waals surface area (Å²) in [5.41, 5.74) is -0.634. The number of ether oxygens (including phenoxy) is 1. The highest BCUT2D eigenvalue weighted by Gasteiger charge is 2.24. The number of carbonyl (C=O) groups is 1. The highest BCUT2D eigenvalue weighted by Crippen LogP contribution is 2.14. The van der Waals surface area contributed by atoms with Crippen molar-refractivity contribution in [1.29, 1.82) is 0 Å². The summed E-state index contributed by atoms with van der Waals surface area (Å²) >= 11 is 0. The zero-order valence-electron chi connectivity index (χ0n) is 7.25. The minimum Gasteiger partial charge on any atom is -0.426 e. The van der Waals surface area contributed by atoms with Crippen LogP contribution in [0.2, 0.25) is 0 Å². The lowest BCUT2D eigenvalue weighted by atomic mass is 9.98. The van der Waals surface area contributed by atoms with Gasteiger partial charge in [-0.15, -0.1) is 4.89 Å². The Bertz CT molecular complexity index is 158. The normalized spacial score (nSPS) is 10.6. The zero-order valence-corrected chi connectivity index (χ0v) is 7.25. The molecule has 0 aliphatic carbocycles. The number of hydrogen-bond donors (Lipinski definition) is 0. The third kappa shape index (κ3) is 4.68. The second kappa shape index (κ2) is 4.71. The van der Waals surface area contributed by atoms with Gasteiger partial charge in [0.25, 0.3) is 0 Å². The molecule has 0 saturated carbocycles. The van der Waals surface area contributed by atoms with Crippen molar-refractivity contribution in [2.75, 3.05) is 6.79 Å². The summed E-state index contributed by atoms with van der Waals surface area (Å²) in [6.07, 6.45) is 0. The van der Waals surface area contributed by atoms with Crippen LogP contribution in [0.25, 0.3) is 0 Å². The average Bonchev–Trinajstić information content (AvgIpc) is 1.96. The number of carbonyl (C=O) groups excluding carboxylic acids is 2. The van der Waals surface area contributed by atoms with Crippen LogP contribution in [0.5, 0.6) is 0 Å². The van der Waals surface area contributed by atoms with Crippen LogP contribution in [0.1, 0.15) is 20.8 Å². The fourth-order valence-corrected chi connectivity index (χ4v) is 0.251. The number of rotatable bonds is 4. The van der Waals surface area contributed by atoms with Crippen molar-refractivity contribution in [3.8, 4) is 0 Å². The Morgan fingerprint density at radius 2 is 2.00 bits per heavy atom. The first-order valence-corrected chi connectivity index (χ1v) is 3.31. The van der Waals surface area contributed by atoms with E-state index in [1.165, 1.54) is 0 Å². The van der Waals surface area contributed by atoms with Gasteiger partial charge in [0.05, 0.1) is 5.41 Å². The van der Waals surface area contributed by atoms with Gasteiger partial charge in [0.15, 0.2) is 0 Å². The molecule has 0 aromatic heterocycles. The average molecular weight is 175 g/mol. The fraction of sp³-hybridized carbons (Fsp3) is 0.714. The molecule has 0 unspecified atom stereocenters. The van der Waals surface area contributed by atoms with Gasteiger partial charge in [0.2, 0.25) is 6.79 Å². The SMILES string of the molecule is CC(C)(C)C(=O)OOCO[C]=O. The zero-order chi connectivity index (χ0) is 9.61. The molecule has 0 aromatic carbocycles. The summed E-state index contributed by atoms with van der Waals surface area (Å²) in [5.74, 6) is -0.531. The second-order valence-electron chi connectivity index (χ2n) is 3.08. The molecule has 0 amide bonds. The first-order chi connectivity index (χ1) is 5.48. The maximum atomic E-state index is 10.9. The van der Waals surface area contributed by atoms with Crippen molar-refractivity contribution in [1.82, 2.24) is 0 Å². The molecule has 0 fully saturated rings. The fourth-order valence-electron chi connectivity index (χ4n) is 0.251. The predicted molar refractivity (Wildman–Crippen MR) is 38.3 cm³/mol. The van der Waals surface area contributed by atoms with Gasteiger partial charge in [-0.3, -0.25) is 4.89 Å². The largest absolute Gasteiger partial charge is 0.426 e. The van der Waals surface area contributed by atoms with E-state index in [1.807, 2.05) is 0 Å². The van der Waals surface area contributed by atoms with Gasteiger partial charge in [0.1, 0.15) is 0 Å². The summed E-state index contributed by atoms with van der Waals surface area (Å²) in [4.78, 5) is 28.9. The lowest BCUT2D eigenvalue weighted by Gasteiger charge is -2.13. The molecular formula is C7H11O5. The van der Waals surface area contributed by atoms with Crippen molar-refractivity contribution in [3.63, 3.8) is 0 Å². The summed E-state index contributed by atoms with van der Waals surface area (Å²) in [6.45, 7) is 5.69. The molecule has 0 atom stereocenters. The van der Waals surface area contributed by atoms with Crippen LogP contribution in [-0.2, 0) is 24.1 Å². The maximum Gasteiger partial charge on any atom is 0.419 e. The molecule has 0 saturated heterocycles. The Morgan fingerprint density at radius 3 is 2.42 bits per heavy atom. The molecule has 0 aliphatic rings. The predicted octanol–water partition coefficient (Wildman–Crippen LogP) is 0.549. The van der Waals surface area contributed by atoms with Crippen molar-refractivity contribution < 1.29 is 24.1 Å². The highest BCUT2D eigenvalue weighted by atomic mass is 17.2. The second-order valence-corrected chi connectivity index (χ2v) is 3.08. The minimum absolute atomic E-state index is 0.439. The van der Waals surface area contributed by atoms with E-state index >= 15 is 0 Å². The standard InChI is InChI=1S/C7H11O5/c1-7(2,3)6(9)12-11-5-10-4-8/h5H2,1-3H3. The Labute approximate surface area is 70.5 Å². The van der Waals surface area contributed by atoms with Crippen LogP contribution in [-0.4, -0.2) is 19.2 Å². The van der Waals surface area contributed by atoms with E-state index in [4.69, 9.17) is 0 Å². The van der Waals surface area contributed by atoms with E-state index in [-0.39, 0.29) is 0 Å². The third-order valence-corrected chi connectivity index (χ3v) is 0.913. The Morgan fingerprint density at radius 1 is 1.42 bits per heavy atom. The van der Waals surface area contributed by atoms with Gasteiger partial charge in [-0.1, -0.05) is 0 Å². The van der Waals surface area contributed by atoms with Crippen LogP contribution >= 0.6 is 0 Å². The molecule has 69 valence electrons. The van der Waals surface area contributed by atoms with E-state index in [9.17, 15) is 9.59 Å². The first-order valence-electron chi connectivity index (χ1n) is 3.31. The molecule has 0 rings (SSSR count). The molecule has 0 bridgehead atoms. The molecule has 1 radical (unpaired) electrons. The highest BCUT2D eigenvalue weighted by molar-refractivity contribution is 5.74. The van der Waals surface area contributed by atoms with Crippen LogP contribution in [0.3, 0.4) is 0 Å². The van der Waals surface area contributed by atoms with Crippen molar-refractivity contribution in [3.05, 3.63) is 0 Å². The van der Waals surface area contributed by atoms with Gasteiger partial charge < -0.3 is 4.74 Å². The quantitative estimate of drug-likeness (QED) is 0.270. The third-order valence-electron chi connectivity index (χ3n) is 0.913. The lowest BCUT2D eigenvalue weighted by Crippen LogP contribution is -2.23. The lowest BCUT2D eigenvalue weighted by molar-refractivity contribution is -0.305. The summed E-state index contributed by atoms with van der Waals surface area (Å²) in [7, 11) is 0. The van der Waals surface area contributed by atoms with Crippen LogP contribution < -0.4 is 0 Å². The van der Waals surface area contributed by atoms with Gasteiger partial charge in [0, 0.05) is 0 Å². The minimum atomic E-state index is -0.634. The van der Waals surface area contributed by atoms with E-state index in [2.05, 4.69) is 14.5 Å². The summed E-state index contributed by atoms with van der Waals surface area (Å²) < 4.78 is 3.99. The van der Waals surface area contributed by atoms with Crippen molar-refractivity contribution in [2.45, 2.75) is 20.8 Å². The molecule has 0 N–H and O–H groups in total. The van der Waals surface area contributed by atoms with E-state index in [0.29, 0.717) is 0 Å². The van der Waals surface area contributed by atoms with Crippen LogP contribution in [0.15, 0.2) is 0 Å². The van der Waals surface area contributed by atoms with Crippen molar-refractivity contribution in [2.24, 2.45) is 5.41 Å². The monoisotopic (exact) mass is 175 g/mol. The van der Waals surface area contributed by atoms with E-state index < -0.39 is 18.2 Å². The van der Waals surface area contributed by atoms with Crippen LogP contribution in [0.4, 0.5) is 0 Å². The molecule has 12 heavy (non-hydrogen) atoms. The van der Waals surface area contributed by atoms with E-state index in [0.717, 1.165) is 6.47 Å². The maximum absolute atomic E-state index is 10.9. The molecule has 0 spiro atoms. The molecule has 0 aliphatic heterocycles. The Hall–Kier alpha value is -1.10. The molecular weight excluding hydrogens is 164 g/mol. The topological polar surface area (TPSA) is 61.8 Å². The number of hydrogen-bond acceptors (Lipinski definition) is 5. The van der Waals surface area contributed by atoms with Gasteiger partial charge in [-0.25, -0.2) is 9.59 Å². The summed E-state index contributed by atoms with van der Waals surface area (Å²) in [6, 6.07) is 0. The molecule has 0 heterocycles. The first kappa shape index (κ1) is 10.9. The molecule has 5 heteroatoms. The van der Waals surface area contributed by atoms with Crippen LogP contribution in [0, 0.1) is 5.41 Å². The molecule has 0 aromatic rings. The summed E-state index contributed by atoms with van der Waals surface area (Å²) in [5, 5.41) is 0. The smallest absolute Gasteiger partial charge is 0.419 e. The van der Waals surface area contributed by atoms with Gasteiger partial charge >= 0.3 is 12.4 Å². The Kier molecular flexibility index (Phi) is 4.28. The Balaban J connectivity index is 3.51. The molecule has 5 nitrogen and oxygen atoms in total. The van der Waals surface area contributed by atoms with E-state index in [1.54, 1.807) is 20.8 Å². The van der Waals surface area contributed by atoms with Gasteiger partial charge in [-0.2, -0.15) is 0 Å². The van der Waals surface area contributed by atoms with Gasteiger partial charge in [-0.05, 0) is 20.8 Å². The van der Waals surface area contributed by atoms with Crippen molar-refractivity contribution >= 4 is 12.4 Å².